The van der Waals surface area contributed by atoms with Crippen molar-refractivity contribution in [3.8, 4) is 0 Å². The molecule has 0 saturated carbocycles. The third-order valence-corrected chi connectivity index (χ3v) is 3.76. The van der Waals surface area contributed by atoms with E-state index in [-0.39, 0.29) is 10.6 Å². The van der Waals surface area contributed by atoms with Crippen LogP contribution in [-0.4, -0.2) is 38.0 Å². The van der Waals surface area contributed by atoms with E-state index in [1.165, 1.54) is 0 Å². The minimum atomic E-state index is -0.362. The van der Waals surface area contributed by atoms with E-state index in [0.29, 0.717) is 11.9 Å². The van der Waals surface area contributed by atoms with Gasteiger partial charge in [-0.25, -0.2) is 9.67 Å². The molecule has 8 nitrogen and oxygen atoms in total. The maximum Gasteiger partial charge on any atom is 0.311 e. The average Bonchev–Trinajstić information content (AvgIpc) is 3.01. The number of anilines is 1. The highest BCUT2D eigenvalue weighted by Crippen LogP contribution is 2.31. The number of rotatable bonds is 3. The van der Waals surface area contributed by atoms with Gasteiger partial charge < -0.3 is 4.90 Å². The molecule has 8 heteroatoms. The smallest absolute Gasteiger partial charge is 0.311 e. The standard InChI is InChI=1S/C13H16N6O2/c1-10-8-12(19(20)21)13(14-9-10)17-5-2-11(3-6-17)18-7-4-15-16-18/h4,7-9,11H,2-3,5-6H2,1H3. The lowest BCUT2D eigenvalue weighted by atomic mass is 10.1. The maximum atomic E-state index is 11.2. The average molecular weight is 288 g/mol. The number of nitro groups is 1. The van der Waals surface area contributed by atoms with Crippen molar-refractivity contribution in [3.05, 3.63) is 40.3 Å². The number of nitrogens with zero attached hydrogens (tertiary/aromatic N) is 6. The Labute approximate surface area is 121 Å². The van der Waals surface area contributed by atoms with Crippen molar-refractivity contribution < 1.29 is 4.92 Å². The monoisotopic (exact) mass is 288 g/mol. The van der Waals surface area contributed by atoms with E-state index in [2.05, 4.69) is 15.3 Å². The first-order chi connectivity index (χ1) is 10.1. The number of hydrogen-bond acceptors (Lipinski definition) is 6. The molecule has 21 heavy (non-hydrogen) atoms. The summed E-state index contributed by atoms with van der Waals surface area (Å²) in [5.74, 6) is 0.461. The fourth-order valence-corrected chi connectivity index (χ4v) is 2.68. The van der Waals surface area contributed by atoms with E-state index < -0.39 is 0 Å². The van der Waals surface area contributed by atoms with Gasteiger partial charge in [0.15, 0.2) is 0 Å². The lowest BCUT2D eigenvalue weighted by Gasteiger charge is -2.32. The van der Waals surface area contributed by atoms with Gasteiger partial charge in [0.05, 0.1) is 17.2 Å². The van der Waals surface area contributed by atoms with Gasteiger partial charge in [-0.15, -0.1) is 5.10 Å². The molecule has 1 aliphatic rings. The molecule has 2 aromatic rings. The highest BCUT2D eigenvalue weighted by Gasteiger charge is 2.27. The summed E-state index contributed by atoms with van der Waals surface area (Å²) in [4.78, 5) is 17.1. The molecule has 0 N–H and O–H groups in total. The van der Waals surface area contributed by atoms with Crippen molar-refractivity contribution >= 4 is 11.5 Å². The van der Waals surface area contributed by atoms with Crippen LogP contribution < -0.4 is 4.90 Å². The van der Waals surface area contributed by atoms with Crippen molar-refractivity contribution in [2.24, 2.45) is 0 Å². The number of aryl methyl sites for hydroxylation is 1. The molecule has 1 aliphatic heterocycles. The third-order valence-electron chi connectivity index (χ3n) is 3.76. The van der Waals surface area contributed by atoms with E-state index in [0.717, 1.165) is 31.5 Å². The van der Waals surface area contributed by atoms with Gasteiger partial charge in [0.1, 0.15) is 0 Å². The van der Waals surface area contributed by atoms with Crippen LogP contribution in [0.25, 0.3) is 0 Å². The molecule has 1 fully saturated rings. The Balaban J connectivity index is 1.76. The Bertz CT molecular complexity index is 634. The summed E-state index contributed by atoms with van der Waals surface area (Å²) in [5.41, 5.74) is 0.872. The van der Waals surface area contributed by atoms with Gasteiger partial charge >= 0.3 is 5.69 Å². The number of aromatic nitrogens is 4. The van der Waals surface area contributed by atoms with Crippen molar-refractivity contribution in [1.29, 1.82) is 0 Å². The highest BCUT2D eigenvalue weighted by molar-refractivity contribution is 5.58. The lowest BCUT2D eigenvalue weighted by Crippen LogP contribution is -2.35. The molecule has 0 aliphatic carbocycles. The molecule has 3 rings (SSSR count). The Morgan fingerprint density at radius 1 is 1.38 bits per heavy atom. The van der Waals surface area contributed by atoms with Gasteiger partial charge in [-0.3, -0.25) is 10.1 Å². The quantitative estimate of drug-likeness (QED) is 0.631. The Kier molecular flexibility index (Phi) is 3.51. The molecule has 0 atom stereocenters. The molecule has 2 aromatic heterocycles. The number of piperidine rings is 1. The zero-order valence-electron chi connectivity index (χ0n) is 11.7. The van der Waals surface area contributed by atoms with Crippen LogP contribution in [-0.2, 0) is 0 Å². The molecule has 0 bridgehead atoms. The largest absolute Gasteiger partial charge is 0.351 e. The molecular formula is C13H16N6O2. The zero-order chi connectivity index (χ0) is 14.8. The summed E-state index contributed by atoms with van der Waals surface area (Å²) < 4.78 is 1.86. The van der Waals surface area contributed by atoms with Gasteiger partial charge in [-0.1, -0.05) is 5.21 Å². The van der Waals surface area contributed by atoms with E-state index >= 15 is 0 Å². The molecule has 0 unspecified atom stereocenters. The van der Waals surface area contributed by atoms with Crippen LogP contribution in [0.1, 0.15) is 24.4 Å². The highest BCUT2D eigenvalue weighted by atomic mass is 16.6. The van der Waals surface area contributed by atoms with Crippen molar-refractivity contribution in [3.63, 3.8) is 0 Å². The van der Waals surface area contributed by atoms with Gasteiger partial charge in [-0.2, -0.15) is 0 Å². The first-order valence-electron chi connectivity index (χ1n) is 6.87. The summed E-state index contributed by atoms with van der Waals surface area (Å²) in [6.45, 7) is 3.25. The summed E-state index contributed by atoms with van der Waals surface area (Å²) >= 11 is 0. The van der Waals surface area contributed by atoms with Crippen LogP contribution in [0.3, 0.4) is 0 Å². The summed E-state index contributed by atoms with van der Waals surface area (Å²) in [7, 11) is 0. The second kappa shape index (κ2) is 5.47. The van der Waals surface area contributed by atoms with Crippen molar-refractivity contribution in [2.45, 2.75) is 25.8 Å². The van der Waals surface area contributed by atoms with Crippen LogP contribution in [0.5, 0.6) is 0 Å². The summed E-state index contributed by atoms with van der Waals surface area (Å²) in [6, 6.07) is 1.87. The SMILES string of the molecule is Cc1cnc(N2CCC(n3ccnn3)CC2)c([N+](=O)[O-])c1. The second-order valence-electron chi connectivity index (χ2n) is 5.21. The van der Waals surface area contributed by atoms with Crippen LogP contribution in [0, 0.1) is 17.0 Å². The molecule has 0 radical (unpaired) electrons. The topological polar surface area (TPSA) is 90.0 Å². The fourth-order valence-electron chi connectivity index (χ4n) is 2.68. The van der Waals surface area contributed by atoms with Crippen LogP contribution in [0.4, 0.5) is 11.5 Å². The molecule has 3 heterocycles. The fraction of sp³-hybridized carbons (Fsp3) is 0.462. The van der Waals surface area contributed by atoms with Gasteiger partial charge in [0.2, 0.25) is 5.82 Å². The van der Waals surface area contributed by atoms with Crippen LogP contribution >= 0.6 is 0 Å². The Morgan fingerprint density at radius 3 is 2.76 bits per heavy atom. The predicted molar refractivity (Wildman–Crippen MR) is 76.1 cm³/mol. The first kappa shape index (κ1) is 13.5. The van der Waals surface area contributed by atoms with E-state index in [1.54, 1.807) is 25.4 Å². The first-order valence-corrected chi connectivity index (χ1v) is 6.87. The van der Waals surface area contributed by atoms with E-state index in [1.807, 2.05) is 15.8 Å². The molecular weight excluding hydrogens is 272 g/mol. The maximum absolute atomic E-state index is 11.2. The van der Waals surface area contributed by atoms with Crippen molar-refractivity contribution in [1.82, 2.24) is 20.0 Å². The van der Waals surface area contributed by atoms with Gasteiger partial charge in [0, 0.05) is 31.5 Å². The van der Waals surface area contributed by atoms with Crippen LogP contribution in [0.2, 0.25) is 0 Å². The lowest BCUT2D eigenvalue weighted by molar-refractivity contribution is -0.384. The minimum Gasteiger partial charge on any atom is -0.351 e. The van der Waals surface area contributed by atoms with Crippen LogP contribution in [0.15, 0.2) is 24.7 Å². The summed E-state index contributed by atoms with van der Waals surface area (Å²) in [5, 5.41) is 19.0. The second-order valence-corrected chi connectivity index (χ2v) is 5.21. The third kappa shape index (κ3) is 2.69. The molecule has 0 spiro atoms. The van der Waals surface area contributed by atoms with Gasteiger partial charge in [0.25, 0.3) is 0 Å². The predicted octanol–water partition coefficient (Wildman–Crippen LogP) is 1.73. The molecule has 1 saturated heterocycles. The summed E-state index contributed by atoms with van der Waals surface area (Å²) in [6.07, 6.45) is 6.93. The number of hydrogen-bond donors (Lipinski definition) is 0. The molecule has 0 amide bonds. The Morgan fingerprint density at radius 2 is 2.14 bits per heavy atom. The molecule has 0 aromatic carbocycles. The normalized spacial score (nSPS) is 16.1. The number of pyridine rings is 1. The van der Waals surface area contributed by atoms with E-state index in [9.17, 15) is 10.1 Å². The zero-order valence-corrected chi connectivity index (χ0v) is 11.7. The Hall–Kier alpha value is -2.51. The molecule has 110 valence electrons. The van der Waals surface area contributed by atoms with E-state index in [4.69, 9.17) is 0 Å². The minimum absolute atomic E-state index is 0.0780. The van der Waals surface area contributed by atoms with Crippen molar-refractivity contribution in [2.75, 3.05) is 18.0 Å². The van der Waals surface area contributed by atoms with Gasteiger partial charge in [-0.05, 0) is 25.3 Å².